The number of carbonyl (C=O) groups excluding carboxylic acids is 1. The van der Waals surface area contributed by atoms with Gasteiger partial charge in [-0.15, -0.1) is 0 Å². The van der Waals surface area contributed by atoms with Crippen LogP contribution in [-0.4, -0.2) is 29.0 Å². The molecular weight excluding hydrogens is 250 g/mol. The number of amides is 1. The lowest BCUT2D eigenvalue weighted by Crippen LogP contribution is -2.39. The molecule has 20 heavy (non-hydrogen) atoms. The van der Waals surface area contributed by atoms with Crippen LogP contribution in [0.3, 0.4) is 0 Å². The van der Waals surface area contributed by atoms with Crippen LogP contribution in [0.1, 0.15) is 43.6 Å². The van der Waals surface area contributed by atoms with Gasteiger partial charge < -0.3 is 10.0 Å². The average Bonchev–Trinajstić information content (AvgIpc) is 2.43. The standard InChI is InChI=1S/C17H21NO2/c19-15-9-5-8-14(12-15)16(13-6-4-7-13)17(20)18-10-2-1-3-11-18/h5-6,8-9,12,16,19H,1-4,7,10-11H2. The normalized spacial score (nSPS) is 20.0. The molecule has 1 N–H and O–H groups in total. The zero-order valence-corrected chi connectivity index (χ0v) is 11.7. The summed E-state index contributed by atoms with van der Waals surface area (Å²) in [6.45, 7) is 1.75. The van der Waals surface area contributed by atoms with Crippen molar-refractivity contribution in [2.24, 2.45) is 0 Å². The zero-order valence-electron chi connectivity index (χ0n) is 11.7. The van der Waals surface area contributed by atoms with Gasteiger partial charge in [0.2, 0.25) is 5.91 Å². The zero-order chi connectivity index (χ0) is 13.9. The molecule has 0 radical (unpaired) electrons. The maximum absolute atomic E-state index is 12.8. The monoisotopic (exact) mass is 271 g/mol. The minimum Gasteiger partial charge on any atom is -0.508 e. The summed E-state index contributed by atoms with van der Waals surface area (Å²) >= 11 is 0. The van der Waals surface area contributed by atoms with Gasteiger partial charge in [0, 0.05) is 13.1 Å². The van der Waals surface area contributed by atoms with E-state index >= 15 is 0 Å². The van der Waals surface area contributed by atoms with Gasteiger partial charge in [-0.05, 0) is 49.8 Å². The summed E-state index contributed by atoms with van der Waals surface area (Å²) < 4.78 is 0. The fraction of sp³-hybridized carbons (Fsp3) is 0.471. The minimum absolute atomic E-state index is 0.186. The van der Waals surface area contributed by atoms with Crippen molar-refractivity contribution < 1.29 is 9.90 Å². The number of likely N-dealkylation sites (tertiary alicyclic amines) is 1. The largest absolute Gasteiger partial charge is 0.508 e. The Morgan fingerprint density at radius 3 is 2.55 bits per heavy atom. The number of hydrogen-bond donors (Lipinski definition) is 1. The van der Waals surface area contributed by atoms with Crippen molar-refractivity contribution in [1.29, 1.82) is 0 Å². The van der Waals surface area contributed by atoms with Crippen LogP contribution in [0.5, 0.6) is 5.75 Å². The first kappa shape index (κ1) is 13.2. The summed E-state index contributed by atoms with van der Waals surface area (Å²) in [7, 11) is 0. The Kier molecular flexibility index (Phi) is 3.77. The number of nitrogens with zero attached hydrogens (tertiary/aromatic N) is 1. The van der Waals surface area contributed by atoms with Gasteiger partial charge in [0.05, 0.1) is 5.92 Å². The summed E-state index contributed by atoms with van der Waals surface area (Å²) in [5, 5.41) is 9.68. The molecule has 3 heteroatoms. The average molecular weight is 271 g/mol. The van der Waals surface area contributed by atoms with E-state index in [1.807, 2.05) is 17.0 Å². The van der Waals surface area contributed by atoms with Crippen LogP contribution in [-0.2, 0) is 4.79 Å². The van der Waals surface area contributed by atoms with E-state index in [9.17, 15) is 9.90 Å². The highest BCUT2D eigenvalue weighted by molar-refractivity contribution is 5.87. The van der Waals surface area contributed by atoms with Gasteiger partial charge in [-0.2, -0.15) is 0 Å². The molecule has 1 atom stereocenters. The molecule has 1 aromatic carbocycles. The highest BCUT2D eigenvalue weighted by Gasteiger charge is 2.31. The molecule has 1 aromatic rings. The van der Waals surface area contributed by atoms with Crippen molar-refractivity contribution in [3.63, 3.8) is 0 Å². The third kappa shape index (κ3) is 2.58. The summed E-state index contributed by atoms with van der Waals surface area (Å²) in [5.74, 6) is 0.258. The van der Waals surface area contributed by atoms with Gasteiger partial charge in [0.15, 0.2) is 0 Å². The van der Waals surface area contributed by atoms with Crippen LogP contribution in [0.25, 0.3) is 0 Å². The molecule has 1 saturated heterocycles. The van der Waals surface area contributed by atoms with E-state index in [4.69, 9.17) is 0 Å². The van der Waals surface area contributed by atoms with E-state index in [1.165, 1.54) is 12.0 Å². The number of carbonyl (C=O) groups is 1. The Balaban J connectivity index is 1.88. The Labute approximate surface area is 119 Å². The predicted molar refractivity (Wildman–Crippen MR) is 78.6 cm³/mol. The van der Waals surface area contributed by atoms with Crippen molar-refractivity contribution in [3.8, 4) is 5.75 Å². The van der Waals surface area contributed by atoms with E-state index in [1.54, 1.807) is 12.1 Å². The summed E-state index contributed by atoms with van der Waals surface area (Å²) in [6.07, 6.45) is 7.67. The number of phenols is 1. The van der Waals surface area contributed by atoms with Crippen molar-refractivity contribution in [2.45, 2.75) is 38.0 Å². The molecule has 0 bridgehead atoms. The van der Waals surface area contributed by atoms with Crippen LogP contribution < -0.4 is 0 Å². The van der Waals surface area contributed by atoms with Crippen molar-refractivity contribution in [2.75, 3.05) is 13.1 Å². The van der Waals surface area contributed by atoms with E-state index in [0.29, 0.717) is 0 Å². The van der Waals surface area contributed by atoms with Gasteiger partial charge in [-0.1, -0.05) is 23.8 Å². The molecule has 1 aliphatic heterocycles. The van der Waals surface area contributed by atoms with Crippen LogP contribution >= 0.6 is 0 Å². The maximum atomic E-state index is 12.8. The molecule has 1 heterocycles. The van der Waals surface area contributed by atoms with Crippen molar-refractivity contribution in [3.05, 3.63) is 41.5 Å². The van der Waals surface area contributed by atoms with Gasteiger partial charge in [0.25, 0.3) is 0 Å². The number of benzene rings is 1. The smallest absolute Gasteiger partial charge is 0.234 e. The van der Waals surface area contributed by atoms with Crippen LogP contribution in [0.2, 0.25) is 0 Å². The number of aromatic hydroxyl groups is 1. The summed E-state index contributed by atoms with van der Waals surface area (Å²) in [4.78, 5) is 14.8. The SMILES string of the molecule is O=C(C(C1=CCC1)c1cccc(O)c1)N1CCCCC1. The number of phenolic OH excluding ortho intramolecular Hbond substituents is 1. The number of rotatable bonds is 3. The minimum atomic E-state index is -0.186. The first-order chi connectivity index (χ1) is 9.75. The van der Waals surface area contributed by atoms with Crippen LogP contribution in [0, 0.1) is 0 Å². The number of allylic oxidation sites excluding steroid dienone is 1. The van der Waals surface area contributed by atoms with Crippen molar-refractivity contribution >= 4 is 5.91 Å². The lowest BCUT2D eigenvalue weighted by atomic mass is 9.81. The Bertz CT molecular complexity index is 530. The second-order valence-corrected chi connectivity index (χ2v) is 5.73. The molecule has 1 amide bonds. The fourth-order valence-corrected chi connectivity index (χ4v) is 3.09. The fourth-order valence-electron chi connectivity index (χ4n) is 3.09. The molecule has 0 spiro atoms. The molecule has 1 fully saturated rings. The third-order valence-electron chi connectivity index (χ3n) is 4.33. The van der Waals surface area contributed by atoms with Gasteiger partial charge in [-0.25, -0.2) is 0 Å². The second kappa shape index (κ2) is 5.70. The van der Waals surface area contributed by atoms with Gasteiger partial charge in [0.1, 0.15) is 5.75 Å². The van der Waals surface area contributed by atoms with Crippen LogP contribution in [0.15, 0.2) is 35.9 Å². The predicted octanol–water partition coefficient (Wildman–Crippen LogP) is 3.21. The van der Waals surface area contributed by atoms with E-state index < -0.39 is 0 Å². The van der Waals surface area contributed by atoms with E-state index in [-0.39, 0.29) is 17.6 Å². The second-order valence-electron chi connectivity index (χ2n) is 5.73. The third-order valence-corrected chi connectivity index (χ3v) is 4.33. The molecule has 0 aromatic heterocycles. The topological polar surface area (TPSA) is 40.5 Å². The Hall–Kier alpha value is -1.77. The van der Waals surface area contributed by atoms with E-state index in [2.05, 4.69) is 6.08 Å². The maximum Gasteiger partial charge on any atom is 0.234 e. The van der Waals surface area contributed by atoms with Crippen molar-refractivity contribution in [1.82, 2.24) is 4.90 Å². The summed E-state index contributed by atoms with van der Waals surface area (Å²) in [5.41, 5.74) is 2.14. The van der Waals surface area contributed by atoms with E-state index in [0.717, 1.165) is 44.3 Å². The molecule has 1 unspecified atom stereocenters. The van der Waals surface area contributed by atoms with Gasteiger partial charge in [-0.3, -0.25) is 4.79 Å². The molecule has 3 rings (SSSR count). The highest BCUT2D eigenvalue weighted by atomic mass is 16.3. The highest BCUT2D eigenvalue weighted by Crippen LogP contribution is 2.36. The Morgan fingerprint density at radius 2 is 1.95 bits per heavy atom. The molecule has 3 nitrogen and oxygen atoms in total. The lowest BCUT2D eigenvalue weighted by Gasteiger charge is -2.33. The van der Waals surface area contributed by atoms with Crippen LogP contribution in [0.4, 0.5) is 0 Å². The van der Waals surface area contributed by atoms with Gasteiger partial charge >= 0.3 is 0 Å². The number of hydrogen-bond acceptors (Lipinski definition) is 2. The quantitative estimate of drug-likeness (QED) is 0.858. The first-order valence-corrected chi connectivity index (χ1v) is 7.52. The first-order valence-electron chi connectivity index (χ1n) is 7.52. The molecule has 1 aliphatic carbocycles. The molecule has 2 aliphatic rings. The summed E-state index contributed by atoms with van der Waals surface area (Å²) in [6, 6.07) is 7.15. The molecular formula is C17H21NO2. The lowest BCUT2D eigenvalue weighted by molar-refractivity contribution is -0.132. The molecule has 0 saturated carbocycles. The molecule has 106 valence electrons. The Morgan fingerprint density at radius 1 is 1.20 bits per heavy atom. The number of piperidine rings is 1.